The summed E-state index contributed by atoms with van der Waals surface area (Å²) in [6, 6.07) is 15.7. The number of hydrogen-bond donors (Lipinski definition) is 3. The van der Waals surface area contributed by atoms with Crippen molar-refractivity contribution in [2.75, 3.05) is 11.9 Å². The summed E-state index contributed by atoms with van der Waals surface area (Å²) in [5.74, 6) is 0.206. The number of nitrogens with zero attached hydrogens (tertiary/aromatic N) is 2. The van der Waals surface area contributed by atoms with Crippen molar-refractivity contribution in [3.8, 4) is 0 Å². The Morgan fingerprint density at radius 3 is 2.29 bits per heavy atom. The van der Waals surface area contributed by atoms with Gasteiger partial charge in [-0.2, -0.15) is 0 Å². The number of benzene rings is 2. The van der Waals surface area contributed by atoms with E-state index in [0.29, 0.717) is 18.8 Å². The van der Waals surface area contributed by atoms with Crippen LogP contribution in [0.25, 0.3) is 0 Å². The molecule has 0 fully saturated rings. The number of carbonyl (C=O) groups excluding carboxylic acids is 1. The molecular weight excluding hydrogens is 378 g/mol. The molecule has 0 bridgehead atoms. The minimum absolute atomic E-state index is 0.0553. The third-order valence-electron chi connectivity index (χ3n) is 3.88. The lowest BCUT2D eigenvalue weighted by molar-refractivity contribution is 0.0949. The zero-order chi connectivity index (χ0) is 20.0. The first-order valence-electron chi connectivity index (χ1n) is 8.46. The lowest BCUT2D eigenvalue weighted by Crippen LogP contribution is -2.26. The van der Waals surface area contributed by atoms with Gasteiger partial charge in [-0.15, -0.1) is 0 Å². The fourth-order valence-corrected chi connectivity index (χ4v) is 2.95. The molecule has 3 rings (SSSR count). The molecule has 0 spiro atoms. The molecule has 0 saturated heterocycles. The average molecular weight is 397 g/mol. The van der Waals surface area contributed by atoms with Crippen LogP contribution in [0.3, 0.4) is 0 Å². The maximum Gasteiger partial charge on any atom is 0.271 e. The van der Waals surface area contributed by atoms with Crippen molar-refractivity contribution in [1.29, 1.82) is 0 Å². The number of para-hydroxylation sites is 1. The number of aromatic nitrogens is 2. The van der Waals surface area contributed by atoms with Crippen molar-refractivity contribution in [2.45, 2.75) is 11.3 Å². The average Bonchev–Trinajstić information content (AvgIpc) is 2.69. The summed E-state index contributed by atoms with van der Waals surface area (Å²) in [6.45, 7) is 0.374. The third-order valence-corrected chi connectivity index (χ3v) is 4.81. The van der Waals surface area contributed by atoms with Crippen LogP contribution < -0.4 is 15.8 Å². The van der Waals surface area contributed by atoms with E-state index in [2.05, 4.69) is 20.6 Å². The fourth-order valence-electron chi connectivity index (χ4n) is 2.44. The molecule has 144 valence electrons. The Labute approximate surface area is 162 Å². The first-order chi connectivity index (χ1) is 13.4. The summed E-state index contributed by atoms with van der Waals surface area (Å²) in [5.41, 5.74) is 1.96. The van der Waals surface area contributed by atoms with Crippen LogP contribution >= 0.6 is 0 Å². The smallest absolute Gasteiger partial charge is 0.271 e. The summed E-state index contributed by atoms with van der Waals surface area (Å²) < 4.78 is 22.5. The van der Waals surface area contributed by atoms with E-state index in [1.165, 1.54) is 24.5 Å². The number of nitrogens with one attached hydrogen (secondary N) is 2. The number of carbonyl (C=O) groups is 1. The van der Waals surface area contributed by atoms with Gasteiger partial charge in [0, 0.05) is 12.2 Å². The van der Waals surface area contributed by atoms with Crippen LogP contribution in [0.15, 0.2) is 71.9 Å². The number of nitrogens with two attached hydrogens (primary N) is 1. The van der Waals surface area contributed by atoms with Gasteiger partial charge in [-0.25, -0.2) is 23.5 Å². The van der Waals surface area contributed by atoms with Gasteiger partial charge in [0.25, 0.3) is 5.91 Å². The predicted molar refractivity (Wildman–Crippen MR) is 106 cm³/mol. The first kappa shape index (κ1) is 19.5. The quantitative estimate of drug-likeness (QED) is 0.558. The third kappa shape index (κ3) is 5.35. The van der Waals surface area contributed by atoms with E-state index in [9.17, 15) is 13.2 Å². The predicted octanol–water partition coefficient (Wildman–Crippen LogP) is 1.84. The molecule has 1 amide bonds. The molecule has 0 saturated carbocycles. The summed E-state index contributed by atoms with van der Waals surface area (Å²) in [7, 11) is -3.70. The SMILES string of the molecule is NS(=O)(=O)c1ccc(CCNC(=O)c2cnc(Nc3ccccc3)cn2)cc1. The number of rotatable bonds is 7. The number of sulfonamides is 1. The minimum Gasteiger partial charge on any atom is -0.350 e. The van der Waals surface area contributed by atoms with Crippen molar-refractivity contribution in [3.05, 3.63) is 78.2 Å². The van der Waals surface area contributed by atoms with Crippen molar-refractivity contribution in [3.63, 3.8) is 0 Å². The van der Waals surface area contributed by atoms with Gasteiger partial charge in [0.1, 0.15) is 11.5 Å². The van der Waals surface area contributed by atoms with Crippen LogP contribution in [0.1, 0.15) is 16.1 Å². The van der Waals surface area contributed by atoms with Crippen LogP contribution in [0, 0.1) is 0 Å². The van der Waals surface area contributed by atoms with Crippen molar-refractivity contribution in [1.82, 2.24) is 15.3 Å². The van der Waals surface area contributed by atoms with Crippen LogP contribution in [0.2, 0.25) is 0 Å². The first-order valence-corrected chi connectivity index (χ1v) is 10.0. The highest BCUT2D eigenvalue weighted by Gasteiger charge is 2.09. The summed E-state index contributed by atoms with van der Waals surface area (Å²) in [6.07, 6.45) is 3.44. The second-order valence-corrected chi connectivity index (χ2v) is 7.53. The van der Waals surface area contributed by atoms with Gasteiger partial charge in [0.15, 0.2) is 0 Å². The van der Waals surface area contributed by atoms with E-state index in [1.807, 2.05) is 30.3 Å². The Bertz CT molecular complexity index is 1040. The van der Waals surface area contributed by atoms with E-state index in [1.54, 1.807) is 12.1 Å². The monoisotopic (exact) mass is 397 g/mol. The Morgan fingerprint density at radius 1 is 0.964 bits per heavy atom. The van der Waals surface area contributed by atoms with Gasteiger partial charge in [0.2, 0.25) is 10.0 Å². The molecule has 28 heavy (non-hydrogen) atoms. The second-order valence-electron chi connectivity index (χ2n) is 5.97. The topological polar surface area (TPSA) is 127 Å². The Morgan fingerprint density at radius 2 is 1.68 bits per heavy atom. The zero-order valence-electron chi connectivity index (χ0n) is 14.9. The molecule has 9 heteroatoms. The molecule has 0 aliphatic heterocycles. The van der Waals surface area contributed by atoms with E-state index >= 15 is 0 Å². The largest absolute Gasteiger partial charge is 0.350 e. The molecule has 1 aromatic heterocycles. The highest BCUT2D eigenvalue weighted by molar-refractivity contribution is 7.89. The highest BCUT2D eigenvalue weighted by atomic mass is 32.2. The van der Waals surface area contributed by atoms with Crippen LogP contribution in [-0.2, 0) is 16.4 Å². The molecule has 0 radical (unpaired) electrons. The second kappa shape index (κ2) is 8.59. The Hall–Kier alpha value is -3.30. The standard InChI is InChI=1S/C19H19N5O3S/c20-28(26,27)16-8-6-14(7-9-16)10-11-21-19(25)17-12-23-18(13-22-17)24-15-4-2-1-3-5-15/h1-9,12-13H,10-11H2,(H,21,25)(H,23,24)(H2,20,26,27). The molecule has 0 unspecified atom stereocenters. The molecule has 0 aliphatic rings. The van der Waals surface area contributed by atoms with E-state index < -0.39 is 10.0 Å². The zero-order valence-corrected chi connectivity index (χ0v) is 15.7. The van der Waals surface area contributed by atoms with Gasteiger partial charge in [0.05, 0.1) is 17.3 Å². The van der Waals surface area contributed by atoms with Crippen LogP contribution in [0.5, 0.6) is 0 Å². The molecule has 0 aliphatic carbocycles. The number of anilines is 2. The number of primary sulfonamides is 1. The van der Waals surface area contributed by atoms with Crippen molar-refractivity contribution >= 4 is 27.4 Å². The maximum absolute atomic E-state index is 12.2. The van der Waals surface area contributed by atoms with Crippen LogP contribution in [-0.4, -0.2) is 30.8 Å². The lowest BCUT2D eigenvalue weighted by atomic mass is 10.1. The van der Waals surface area contributed by atoms with Gasteiger partial charge in [-0.1, -0.05) is 30.3 Å². The molecule has 8 nitrogen and oxygen atoms in total. The summed E-state index contributed by atoms with van der Waals surface area (Å²) in [4.78, 5) is 20.5. The molecule has 4 N–H and O–H groups in total. The number of amides is 1. The van der Waals surface area contributed by atoms with E-state index in [0.717, 1.165) is 11.3 Å². The molecule has 2 aromatic carbocycles. The van der Waals surface area contributed by atoms with Gasteiger partial charge in [-0.05, 0) is 36.2 Å². The maximum atomic E-state index is 12.2. The Kier molecular flexibility index (Phi) is 5.97. The van der Waals surface area contributed by atoms with Crippen molar-refractivity contribution in [2.24, 2.45) is 5.14 Å². The highest BCUT2D eigenvalue weighted by Crippen LogP contribution is 2.12. The van der Waals surface area contributed by atoms with Crippen molar-refractivity contribution < 1.29 is 13.2 Å². The molecular formula is C19H19N5O3S. The van der Waals surface area contributed by atoms with Gasteiger partial charge < -0.3 is 10.6 Å². The molecule has 3 aromatic rings. The fraction of sp³-hybridized carbons (Fsp3) is 0.105. The molecule has 1 heterocycles. The van der Waals surface area contributed by atoms with E-state index in [4.69, 9.17) is 5.14 Å². The number of hydrogen-bond acceptors (Lipinski definition) is 6. The lowest BCUT2D eigenvalue weighted by Gasteiger charge is -2.07. The minimum atomic E-state index is -3.70. The van der Waals surface area contributed by atoms with Gasteiger partial charge in [-0.3, -0.25) is 4.79 Å². The van der Waals surface area contributed by atoms with E-state index in [-0.39, 0.29) is 16.5 Å². The molecule has 0 atom stereocenters. The normalized spacial score (nSPS) is 11.0. The van der Waals surface area contributed by atoms with Gasteiger partial charge >= 0.3 is 0 Å². The Balaban J connectivity index is 1.51. The summed E-state index contributed by atoms with van der Waals surface area (Å²) >= 11 is 0. The van der Waals surface area contributed by atoms with Crippen LogP contribution in [0.4, 0.5) is 11.5 Å². The summed E-state index contributed by atoms with van der Waals surface area (Å²) in [5, 5.41) is 10.9.